The first-order valence-electron chi connectivity index (χ1n) is 9.81. The van der Waals surface area contributed by atoms with Gasteiger partial charge in [0.15, 0.2) is 0 Å². The Kier molecular flexibility index (Phi) is 6.48. The highest BCUT2D eigenvalue weighted by Gasteiger charge is 2.12. The van der Waals surface area contributed by atoms with Gasteiger partial charge >= 0.3 is 0 Å². The SMILES string of the molecule is CCN(CC)C(=O)c1ccc(CNC(=O)CCn2ccc3ccccc32)cc1. The highest BCUT2D eigenvalue weighted by atomic mass is 16.2. The van der Waals surface area contributed by atoms with Crippen molar-refractivity contribution >= 4 is 22.7 Å². The van der Waals surface area contributed by atoms with Gasteiger partial charge in [0.2, 0.25) is 5.91 Å². The molecule has 0 atom stereocenters. The first kappa shape index (κ1) is 19.7. The second-order valence-electron chi connectivity index (χ2n) is 6.77. The van der Waals surface area contributed by atoms with Gasteiger partial charge in [-0.25, -0.2) is 0 Å². The molecule has 146 valence electrons. The van der Waals surface area contributed by atoms with E-state index in [2.05, 4.69) is 28.1 Å². The number of amides is 2. The van der Waals surface area contributed by atoms with Gasteiger partial charge in [0.05, 0.1) is 0 Å². The summed E-state index contributed by atoms with van der Waals surface area (Å²) in [5, 5.41) is 4.14. The predicted molar refractivity (Wildman–Crippen MR) is 112 cm³/mol. The summed E-state index contributed by atoms with van der Waals surface area (Å²) in [5.74, 6) is 0.0561. The van der Waals surface area contributed by atoms with Crippen LogP contribution in [0.4, 0.5) is 0 Å². The Labute approximate surface area is 166 Å². The summed E-state index contributed by atoms with van der Waals surface area (Å²) in [6.45, 7) is 6.46. The van der Waals surface area contributed by atoms with E-state index in [0.29, 0.717) is 38.2 Å². The third kappa shape index (κ3) is 4.60. The molecule has 0 aliphatic rings. The molecule has 2 aromatic carbocycles. The van der Waals surface area contributed by atoms with Crippen molar-refractivity contribution in [1.29, 1.82) is 0 Å². The van der Waals surface area contributed by atoms with Crippen molar-refractivity contribution in [3.63, 3.8) is 0 Å². The van der Waals surface area contributed by atoms with E-state index < -0.39 is 0 Å². The predicted octanol–water partition coefficient (Wildman–Crippen LogP) is 3.83. The van der Waals surface area contributed by atoms with Gasteiger partial charge < -0.3 is 14.8 Å². The van der Waals surface area contributed by atoms with Gasteiger partial charge in [0, 0.05) is 49.9 Å². The molecular weight excluding hydrogens is 350 g/mol. The summed E-state index contributed by atoms with van der Waals surface area (Å²) < 4.78 is 2.10. The molecule has 0 radical (unpaired) electrons. The minimum Gasteiger partial charge on any atom is -0.352 e. The van der Waals surface area contributed by atoms with Gasteiger partial charge in [-0.3, -0.25) is 9.59 Å². The lowest BCUT2D eigenvalue weighted by molar-refractivity contribution is -0.121. The zero-order chi connectivity index (χ0) is 19.9. The highest BCUT2D eigenvalue weighted by molar-refractivity contribution is 5.94. The number of carbonyl (C=O) groups is 2. The maximum absolute atomic E-state index is 12.3. The van der Waals surface area contributed by atoms with Crippen LogP contribution in [0, 0.1) is 0 Å². The Morgan fingerprint density at radius 1 is 0.964 bits per heavy atom. The summed E-state index contributed by atoms with van der Waals surface area (Å²) in [5.41, 5.74) is 2.80. The Morgan fingerprint density at radius 2 is 1.68 bits per heavy atom. The number of carbonyl (C=O) groups excluding carboxylic acids is 2. The number of aromatic nitrogens is 1. The number of benzene rings is 2. The van der Waals surface area contributed by atoms with Crippen molar-refractivity contribution in [3.05, 3.63) is 71.9 Å². The van der Waals surface area contributed by atoms with Crippen LogP contribution in [0.3, 0.4) is 0 Å². The molecule has 0 unspecified atom stereocenters. The van der Waals surface area contributed by atoms with E-state index in [0.717, 1.165) is 11.1 Å². The summed E-state index contributed by atoms with van der Waals surface area (Å²) in [6, 6.07) is 17.7. The first-order valence-corrected chi connectivity index (χ1v) is 9.81. The van der Waals surface area contributed by atoms with Crippen LogP contribution in [0.2, 0.25) is 0 Å². The lowest BCUT2D eigenvalue weighted by atomic mass is 10.1. The van der Waals surface area contributed by atoms with Gasteiger partial charge in [-0.05, 0) is 49.1 Å². The molecule has 0 bridgehead atoms. The summed E-state index contributed by atoms with van der Waals surface area (Å²) >= 11 is 0. The van der Waals surface area contributed by atoms with E-state index >= 15 is 0 Å². The molecule has 5 nitrogen and oxygen atoms in total. The minimum atomic E-state index is 0.0149. The molecular formula is C23H27N3O2. The van der Waals surface area contributed by atoms with Crippen LogP contribution in [0.1, 0.15) is 36.2 Å². The van der Waals surface area contributed by atoms with Crippen LogP contribution < -0.4 is 5.32 Å². The molecule has 0 saturated heterocycles. The molecule has 0 aliphatic carbocycles. The Hall–Kier alpha value is -3.08. The topological polar surface area (TPSA) is 54.3 Å². The van der Waals surface area contributed by atoms with E-state index in [4.69, 9.17) is 0 Å². The van der Waals surface area contributed by atoms with Crippen molar-refractivity contribution < 1.29 is 9.59 Å². The molecule has 0 aliphatic heterocycles. The van der Waals surface area contributed by atoms with Crippen LogP contribution in [0.5, 0.6) is 0 Å². The fourth-order valence-electron chi connectivity index (χ4n) is 3.31. The molecule has 0 spiro atoms. The first-order chi connectivity index (χ1) is 13.6. The van der Waals surface area contributed by atoms with Crippen molar-refractivity contribution in [1.82, 2.24) is 14.8 Å². The van der Waals surface area contributed by atoms with Crippen molar-refractivity contribution in [3.8, 4) is 0 Å². The number of fused-ring (bicyclic) bond motifs is 1. The third-order valence-corrected chi connectivity index (χ3v) is 5.00. The Bertz CT molecular complexity index is 940. The third-order valence-electron chi connectivity index (χ3n) is 5.00. The average molecular weight is 377 g/mol. The second-order valence-corrected chi connectivity index (χ2v) is 6.77. The second kappa shape index (κ2) is 9.22. The van der Waals surface area contributed by atoms with Gasteiger partial charge in [0.25, 0.3) is 5.91 Å². The molecule has 3 aromatic rings. The average Bonchev–Trinajstić information content (AvgIpc) is 3.15. The van der Waals surface area contributed by atoms with Gasteiger partial charge in [-0.15, -0.1) is 0 Å². The molecule has 1 heterocycles. The normalized spacial score (nSPS) is 10.8. The monoisotopic (exact) mass is 377 g/mol. The van der Waals surface area contributed by atoms with Gasteiger partial charge in [0.1, 0.15) is 0 Å². The highest BCUT2D eigenvalue weighted by Crippen LogP contribution is 2.15. The molecule has 5 heteroatoms. The van der Waals surface area contributed by atoms with Crippen LogP contribution in [0.15, 0.2) is 60.8 Å². The molecule has 3 rings (SSSR count). The van der Waals surface area contributed by atoms with Gasteiger partial charge in [-0.1, -0.05) is 30.3 Å². The molecule has 2 amide bonds. The van der Waals surface area contributed by atoms with Crippen LogP contribution in [0.25, 0.3) is 10.9 Å². The lowest BCUT2D eigenvalue weighted by Gasteiger charge is -2.18. The number of aryl methyl sites for hydroxylation is 1. The number of nitrogens with zero attached hydrogens (tertiary/aromatic N) is 2. The maximum Gasteiger partial charge on any atom is 0.253 e. The zero-order valence-corrected chi connectivity index (χ0v) is 16.5. The van der Waals surface area contributed by atoms with Crippen LogP contribution >= 0.6 is 0 Å². The van der Waals surface area contributed by atoms with E-state index in [1.165, 1.54) is 5.39 Å². The zero-order valence-electron chi connectivity index (χ0n) is 16.5. The van der Waals surface area contributed by atoms with E-state index in [9.17, 15) is 9.59 Å². The summed E-state index contributed by atoms with van der Waals surface area (Å²) in [6.07, 6.45) is 2.45. The maximum atomic E-state index is 12.3. The number of hydrogen-bond acceptors (Lipinski definition) is 2. The molecule has 28 heavy (non-hydrogen) atoms. The quantitative estimate of drug-likeness (QED) is 0.649. The summed E-state index contributed by atoms with van der Waals surface area (Å²) in [4.78, 5) is 26.3. The molecule has 1 N–H and O–H groups in total. The Balaban J connectivity index is 1.50. The van der Waals surface area contributed by atoms with E-state index in [1.54, 1.807) is 4.90 Å². The number of rotatable bonds is 8. The standard InChI is InChI=1S/C23H27N3O2/c1-3-25(4-2)23(28)20-11-9-18(10-12-20)17-24-22(27)14-16-26-15-13-19-7-5-6-8-21(19)26/h5-13,15H,3-4,14,16-17H2,1-2H3,(H,24,27). The van der Waals surface area contributed by atoms with E-state index in [1.807, 2.05) is 56.4 Å². The number of para-hydroxylation sites is 1. The lowest BCUT2D eigenvalue weighted by Crippen LogP contribution is -2.30. The van der Waals surface area contributed by atoms with Crippen LogP contribution in [-0.4, -0.2) is 34.4 Å². The molecule has 0 fully saturated rings. The smallest absolute Gasteiger partial charge is 0.253 e. The fourth-order valence-corrected chi connectivity index (χ4v) is 3.31. The number of hydrogen-bond donors (Lipinski definition) is 1. The van der Waals surface area contributed by atoms with Crippen molar-refractivity contribution in [2.45, 2.75) is 33.4 Å². The van der Waals surface area contributed by atoms with Gasteiger partial charge in [-0.2, -0.15) is 0 Å². The van der Waals surface area contributed by atoms with Crippen molar-refractivity contribution in [2.24, 2.45) is 0 Å². The molecule has 0 saturated carbocycles. The van der Waals surface area contributed by atoms with Crippen LogP contribution in [-0.2, 0) is 17.9 Å². The minimum absolute atomic E-state index is 0.0149. The van der Waals surface area contributed by atoms with Crippen molar-refractivity contribution in [2.75, 3.05) is 13.1 Å². The summed E-state index contributed by atoms with van der Waals surface area (Å²) in [7, 11) is 0. The largest absolute Gasteiger partial charge is 0.352 e. The Morgan fingerprint density at radius 3 is 2.39 bits per heavy atom. The number of nitrogens with one attached hydrogen (secondary N) is 1. The fraction of sp³-hybridized carbons (Fsp3) is 0.304. The molecule has 1 aromatic heterocycles. The van der Waals surface area contributed by atoms with E-state index in [-0.39, 0.29) is 11.8 Å².